The van der Waals surface area contributed by atoms with Crippen LogP contribution in [0.15, 0.2) is 17.1 Å². The Bertz CT molecular complexity index is 372. The van der Waals surface area contributed by atoms with E-state index in [2.05, 4.69) is 16.8 Å². The standard InChI is InChI=1S/C10H15N3O/c1-2-5-12-6-7-13-9(8-12)11-4-3-10(13)14/h3-4H,2,5-8H2,1H3. The van der Waals surface area contributed by atoms with Crippen molar-refractivity contribution in [1.82, 2.24) is 14.5 Å². The molecule has 1 aliphatic rings. The molecule has 0 fully saturated rings. The fourth-order valence-electron chi connectivity index (χ4n) is 1.87. The predicted molar refractivity (Wildman–Crippen MR) is 54.1 cm³/mol. The Morgan fingerprint density at radius 2 is 2.36 bits per heavy atom. The number of hydrogen-bond donors (Lipinski definition) is 0. The lowest BCUT2D eigenvalue weighted by Crippen LogP contribution is -2.39. The van der Waals surface area contributed by atoms with Crippen LogP contribution >= 0.6 is 0 Å². The average Bonchev–Trinajstić information content (AvgIpc) is 2.18. The van der Waals surface area contributed by atoms with Crippen LogP contribution in [-0.2, 0) is 13.1 Å². The molecule has 1 aromatic rings. The molecule has 1 aliphatic heterocycles. The zero-order chi connectivity index (χ0) is 9.97. The highest BCUT2D eigenvalue weighted by Gasteiger charge is 2.16. The van der Waals surface area contributed by atoms with Gasteiger partial charge in [-0.25, -0.2) is 4.98 Å². The largest absolute Gasteiger partial charge is 0.294 e. The van der Waals surface area contributed by atoms with Crippen molar-refractivity contribution in [3.63, 3.8) is 0 Å². The molecular weight excluding hydrogens is 178 g/mol. The van der Waals surface area contributed by atoms with Crippen LogP contribution in [-0.4, -0.2) is 27.5 Å². The Labute approximate surface area is 83.2 Å². The van der Waals surface area contributed by atoms with Crippen LogP contribution in [0, 0.1) is 0 Å². The molecule has 0 spiro atoms. The summed E-state index contributed by atoms with van der Waals surface area (Å²) >= 11 is 0. The van der Waals surface area contributed by atoms with Crippen LogP contribution in [0.3, 0.4) is 0 Å². The minimum Gasteiger partial charge on any atom is -0.294 e. The second kappa shape index (κ2) is 3.92. The summed E-state index contributed by atoms with van der Waals surface area (Å²) in [6.45, 7) is 5.81. The van der Waals surface area contributed by atoms with Crippen molar-refractivity contribution in [2.45, 2.75) is 26.4 Å². The van der Waals surface area contributed by atoms with Crippen molar-refractivity contribution in [3.8, 4) is 0 Å². The van der Waals surface area contributed by atoms with Gasteiger partial charge in [-0.15, -0.1) is 0 Å². The number of nitrogens with zero attached hydrogens (tertiary/aromatic N) is 3. The molecule has 2 rings (SSSR count). The quantitative estimate of drug-likeness (QED) is 0.685. The molecule has 0 atom stereocenters. The van der Waals surface area contributed by atoms with E-state index in [-0.39, 0.29) is 5.56 Å². The van der Waals surface area contributed by atoms with Crippen LogP contribution < -0.4 is 5.56 Å². The van der Waals surface area contributed by atoms with E-state index in [1.807, 2.05) is 0 Å². The van der Waals surface area contributed by atoms with Crippen LogP contribution in [0.25, 0.3) is 0 Å². The minimum absolute atomic E-state index is 0.0751. The highest BCUT2D eigenvalue weighted by molar-refractivity contribution is 4.96. The minimum atomic E-state index is 0.0751. The summed E-state index contributed by atoms with van der Waals surface area (Å²) in [5.74, 6) is 0.900. The molecular formula is C10H15N3O. The van der Waals surface area contributed by atoms with Crippen molar-refractivity contribution in [2.75, 3.05) is 13.1 Å². The normalized spacial score (nSPS) is 16.6. The van der Waals surface area contributed by atoms with Gasteiger partial charge < -0.3 is 0 Å². The van der Waals surface area contributed by atoms with Gasteiger partial charge in [-0.3, -0.25) is 14.3 Å². The molecule has 0 saturated heterocycles. The fraction of sp³-hybridized carbons (Fsp3) is 0.600. The molecule has 0 aromatic carbocycles. The van der Waals surface area contributed by atoms with Gasteiger partial charge in [0.1, 0.15) is 5.82 Å². The monoisotopic (exact) mass is 193 g/mol. The van der Waals surface area contributed by atoms with Crippen molar-refractivity contribution >= 4 is 0 Å². The molecule has 4 heteroatoms. The van der Waals surface area contributed by atoms with Gasteiger partial charge in [-0.2, -0.15) is 0 Å². The van der Waals surface area contributed by atoms with E-state index in [4.69, 9.17) is 0 Å². The first kappa shape index (κ1) is 9.40. The van der Waals surface area contributed by atoms with Crippen molar-refractivity contribution in [3.05, 3.63) is 28.4 Å². The molecule has 0 bridgehead atoms. The number of rotatable bonds is 2. The second-order valence-corrected chi connectivity index (χ2v) is 3.63. The van der Waals surface area contributed by atoms with E-state index in [0.717, 1.165) is 38.4 Å². The van der Waals surface area contributed by atoms with E-state index < -0.39 is 0 Å². The Hall–Kier alpha value is -1.16. The topological polar surface area (TPSA) is 38.1 Å². The molecule has 0 amide bonds. The second-order valence-electron chi connectivity index (χ2n) is 3.63. The van der Waals surface area contributed by atoms with E-state index in [1.54, 1.807) is 10.8 Å². The average molecular weight is 193 g/mol. The molecule has 0 N–H and O–H groups in total. The van der Waals surface area contributed by atoms with E-state index in [9.17, 15) is 4.79 Å². The van der Waals surface area contributed by atoms with E-state index in [1.165, 1.54) is 6.07 Å². The maximum absolute atomic E-state index is 11.4. The summed E-state index contributed by atoms with van der Waals surface area (Å²) in [5, 5.41) is 0. The summed E-state index contributed by atoms with van der Waals surface area (Å²) in [7, 11) is 0. The lowest BCUT2D eigenvalue weighted by atomic mass is 10.3. The van der Waals surface area contributed by atoms with Crippen molar-refractivity contribution in [1.29, 1.82) is 0 Å². The summed E-state index contributed by atoms with van der Waals surface area (Å²) in [6.07, 6.45) is 2.75. The van der Waals surface area contributed by atoms with Crippen LogP contribution in [0.1, 0.15) is 19.2 Å². The first-order valence-corrected chi connectivity index (χ1v) is 5.08. The molecule has 0 unspecified atom stereocenters. The molecule has 0 radical (unpaired) electrons. The highest BCUT2D eigenvalue weighted by atomic mass is 16.1. The van der Waals surface area contributed by atoms with Crippen molar-refractivity contribution in [2.24, 2.45) is 0 Å². The number of hydrogen-bond acceptors (Lipinski definition) is 3. The zero-order valence-electron chi connectivity index (χ0n) is 8.44. The van der Waals surface area contributed by atoms with Gasteiger partial charge in [0, 0.05) is 25.4 Å². The van der Waals surface area contributed by atoms with Gasteiger partial charge in [0.25, 0.3) is 5.56 Å². The molecule has 4 nitrogen and oxygen atoms in total. The third-order valence-corrected chi connectivity index (χ3v) is 2.56. The Kier molecular flexibility index (Phi) is 2.63. The molecule has 14 heavy (non-hydrogen) atoms. The predicted octanol–water partition coefficient (Wildman–Crippen LogP) is 0.469. The molecule has 0 saturated carbocycles. The van der Waals surface area contributed by atoms with Gasteiger partial charge in [-0.05, 0) is 13.0 Å². The maximum Gasteiger partial charge on any atom is 0.253 e. The first-order chi connectivity index (χ1) is 6.81. The zero-order valence-corrected chi connectivity index (χ0v) is 8.44. The van der Waals surface area contributed by atoms with Gasteiger partial charge in [0.15, 0.2) is 0 Å². The van der Waals surface area contributed by atoms with Crippen molar-refractivity contribution < 1.29 is 0 Å². The SMILES string of the molecule is CCCN1CCn2c(nccc2=O)C1. The molecule has 76 valence electrons. The Morgan fingerprint density at radius 3 is 3.14 bits per heavy atom. The molecule has 1 aromatic heterocycles. The smallest absolute Gasteiger partial charge is 0.253 e. The Balaban J connectivity index is 2.23. The summed E-state index contributed by atoms with van der Waals surface area (Å²) in [6, 6.07) is 1.53. The highest BCUT2D eigenvalue weighted by Crippen LogP contribution is 2.06. The molecule has 2 heterocycles. The number of fused-ring (bicyclic) bond motifs is 1. The third-order valence-electron chi connectivity index (χ3n) is 2.56. The maximum atomic E-state index is 11.4. The van der Waals surface area contributed by atoms with Crippen LogP contribution in [0.5, 0.6) is 0 Å². The van der Waals surface area contributed by atoms with Gasteiger partial charge >= 0.3 is 0 Å². The third kappa shape index (κ3) is 1.70. The summed E-state index contributed by atoms with van der Waals surface area (Å²) in [4.78, 5) is 18.0. The van der Waals surface area contributed by atoms with Gasteiger partial charge in [0.2, 0.25) is 0 Å². The molecule has 0 aliphatic carbocycles. The fourth-order valence-corrected chi connectivity index (χ4v) is 1.87. The lowest BCUT2D eigenvalue weighted by Gasteiger charge is -2.28. The summed E-state index contributed by atoms with van der Waals surface area (Å²) in [5.41, 5.74) is 0.0751. The Morgan fingerprint density at radius 1 is 1.50 bits per heavy atom. The number of aromatic nitrogens is 2. The summed E-state index contributed by atoms with van der Waals surface area (Å²) < 4.78 is 1.77. The van der Waals surface area contributed by atoms with E-state index >= 15 is 0 Å². The van der Waals surface area contributed by atoms with Gasteiger partial charge in [0.05, 0.1) is 6.54 Å². The first-order valence-electron chi connectivity index (χ1n) is 5.08. The van der Waals surface area contributed by atoms with E-state index in [0.29, 0.717) is 0 Å². The van der Waals surface area contributed by atoms with Crippen LogP contribution in [0.4, 0.5) is 0 Å². The lowest BCUT2D eigenvalue weighted by molar-refractivity contribution is 0.212. The van der Waals surface area contributed by atoms with Gasteiger partial charge in [-0.1, -0.05) is 6.92 Å². The van der Waals surface area contributed by atoms with Crippen LogP contribution in [0.2, 0.25) is 0 Å².